The molecule has 0 N–H and O–H groups in total. The van der Waals surface area contributed by atoms with Gasteiger partial charge in [-0.1, -0.05) is 124 Å². The molecule has 0 spiro atoms. The molecule has 4 atom stereocenters. The van der Waals surface area contributed by atoms with E-state index in [-0.39, 0.29) is 0 Å². The Hall–Kier alpha value is 0. The number of hydrogen-bond acceptors (Lipinski definition) is 0. The maximum Gasteiger partial charge on any atom is -0.0409 e. The van der Waals surface area contributed by atoms with E-state index in [0.717, 1.165) is 29.6 Å². The number of rotatable bonds is 8. The highest BCUT2D eigenvalue weighted by atomic mass is 14.3. The minimum Gasteiger partial charge on any atom is -0.0651 e. The third-order valence-corrected chi connectivity index (χ3v) is 8.23. The molecule has 0 nitrogen and oxygen atoms in total. The Morgan fingerprint density at radius 2 is 1.23 bits per heavy atom. The van der Waals surface area contributed by atoms with Crippen LogP contribution in [0.2, 0.25) is 0 Å². The zero-order chi connectivity index (χ0) is 18.6. The summed E-state index contributed by atoms with van der Waals surface area (Å²) in [6.07, 6.45) is 27.2. The van der Waals surface area contributed by atoms with E-state index in [9.17, 15) is 0 Å². The molecule has 0 heteroatoms. The molecular formula is C26H50. The first-order valence-electron chi connectivity index (χ1n) is 12.7. The normalized spacial score (nSPS) is 31.8. The van der Waals surface area contributed by atoms with Gasteiger partial charge in [0.2, 0.25) is 0 Å². The van der Waals surface area contributed by atoms with Crippen molar-refractivity contribution in [2.75, 3.05) is 0 Å². The van der Waals surface area contributed by atoms with Crippen LogP contribution in [0.25, 0.3) is 0 Å². The summed E-state index contributed by atoms with van der Waals surface area (Å²) in [5.74, 6) is 5.22. The summed E-state index contributed by atoms with van der Waals surface area (Å²) in [7, 11) is 0. The summed E-state index contributed by atoms with van der Waals surface area (Å²) in [5, 5.41) is 0. The second-order valence-electron chi connectivity index (χ2n) is 10.1. The van der Waals surface area contributed by atoms with Crippen molar-refractivity contribution >= 4 is 0 Å². The highest BCUT2D eigenvalue weighted by Crippen LogP contribution is 2.38. The molecule has 0 aromatic carbocycles. The molecule has 0 aliphatic heterocycles. The standard InChI is InChI=1S/C26H50/c1-4-22(5-2)16-17-24-14-11-15-25(19-18-24)21-26-13-10-8-7-9-12-23(6-3)20-26/h22-26H,4-21H2,1-3H3. The van der Waals surface area contributed by atoms with E-state index in [1.807, 2.05) is 0 Å². The van der Waals surface area contributed by atoms with Crippen molar-refractivity contribution < 1.29 is 0 Å². The minimum absolute atomic E-state index is 0.999. The maximum absolute atomic E-state index is 2.44. The summed E-state index contributed by atoms with van der Waals surface area (Å²) < 4.78 is 0. The Morgan fingerprint density at radius 1 is 0.615 bits per heavy atom. The van der Waals surface area contributed by atoms with Gasteiger partial charge in [-0.3, -0.25) is 0 Å². The van der Waals surface area contributed by atoms with E-state index in [1.54, 1.807) is 44.9 Å². The van der Waals surface area contributed by atoms with Crippen molar-refractivity contribution in [2.24, 2.45) is 29.6 Å². The van der Waals surface area contributed by atoms with Gasteiger partial charge in [-0.15, -0.1) is 0 Å². The van der Waals surface area contributed by atoms with Crippen LogP contribution in [0, 0.1) is 29.6 Å². The fourth-order valence-corrected chi connectivity index (χ4v) is 6.13. The Labute approximate surface area is 166 Å². The molecule has 0 aromatic heterocycles. The Bertz CT molecular complexity index is 329. The summed E-state index contributed by atoms with van der Waals surface area (Å²) in [5.41, 5.74) is 0. The van der Waals surface area contributed by atoms with Crippen LogP contribution in [0.15, 0.2) is 0 Å². The zero-order valence-electron chi connectivity index (χ0n) is 18.6. The van der Waals surface area contributed by atoms with Crippen LogP contribution in [0.5, 0.6) is 0 Å². The highest BCUT2D eigenvalue weighted by Gasteiger charge is 2.24. The van der Waals surface area contributed by atoms with E-state index < -0.39 is 0 Å². The quantitative estimate of drug-likeness (QED) is 0.377. The molecule has 2 saturated carbocycles. The topological polar surface area (TPSA) is 0 Å². The van der Waals surface area contributed by atoms with Crippen molar-refractivity contribution in [3.05, 3.63) is 0 Å². The predicted octanol–water partition coefficient (Wildman–Crippen LogP) is 9.18. The molecule has 4 unspecified atom stereocenters. The zero-order valence-corrected chi connectivity index (χ0v) is 18.6. The molecule has 26 heavy (non-hydrogen) atoms. The third kappa shape index (κ3) is 8.35. The van der Waals surface area contributed by atoms with Gasteiger partial charge in [0.25, 0.3) is 0 Å². The molecule has 0 aromatic rings. The molecule has 2 aliphatic carbocycles. The van der Waals surface area contributed by atoms with Gasteiger partial charge in [0.05, 0.1) is 0 Å². The highest BCUT2D eigenvalue weighted by molar-refractivity contribution is 4.76. The van der Waals surface area contributed by atoms with Crippen molar-refractivity contribution in [1.29, 1.82) is 0 Å². The fourth-order valence-electron chi connectivity index (χ4n) is 6.13. The van der Waals surface area contributed by atoms with E-state index in [4.69, 9.17) is 0 Å². The van der Waals surface area contributed by atoms with Crippen LogP contribution in [0.4, 0.5) is 0 Å². The van der Waals surface area contributed by atoms with E-state index in [1.165, 1.54) is 70.6 Å². The molecule has 0 heterocycles. The first kappa shape index (κ1) is 22.3. The van der Waals surface area contributed by atoms with Crippen LogP contribution in [-0.4, -0.2) is 0 Å². The Kier molecular flexibility index (Phi) is 11.3. The second kappa shape index (κ2) is 13.2. The monoisotopic (exact) mass is 362 g/mol. The molecule has 2 fully saturated rings. The Balaban J connectivity index is 1.76. The van der Waals surface area contributed by atoms with Crippen LogP contribution < -0.4 is 0 Å². The van der Waals surface area contributed by atoms with Gasteiger partial charge in [0.15, 0.2) is 0 Å². The maximum atomic E-state index is 2.44. The smallest absolute Gasteiger partial charge is 0.0409 e. The lowest BCUT2D eigenvalue weighted by molar-refractivity contribution is 0.261. The van der Waals surface area contributed by atoms with Crippen molar-refractivity contribution in [3.63, 3.8) is 0 Å². The molecule has 154 valence electrons. The molecule has 0 amide bonds. The first-order chi connectivity index (χ1) is 12.7. The van der Waals surface area contributed by atoms with E-state index >= 15 is 0 Å². The summed E-state index contributed by atoms with van der Waals surface area (Å²) in [6.45, 7) is 7.21. The van der Waals surface area contributed by atoms with Gasteiger partial charge in [-0.05, 0) is 42.4 Å². The second-order valence-corrected chi connectivity index (χ2v) is 10.1. The molecule has 0 radical (unpaired) electrons. The predicted molar refractivity (Wildman–Crippen MR) is 118 cm³/mol. The number of hydrogen-bond donors (Lipinski definition) is 0. The SMILES string of the molecule is CCC(CC)CCC1CCCC(CC2CCCCCCC(CC)C2)CC1. The fraction of sp³-hybridized carbons (Fsp3) is 1.00. The molecule has 0 saturated heterocycles. The van der Waals surface area contributed by atoms with Gasteiger partial charge in [0.1, 0.15) is 0 Å². The average Bonchev–Trinajstić information content (AvgIpc) is 2.81. The van der Waals surface area contributed by atoms with Crippen LogP contribution in [-0.2, 0) is 0 Å². The molecule has 2 aliphatic rings. The molecular weight excluding hydrogens is 312 g/mol. The first-order valence-corrected chi connectivity index (χ1v) is 12.7. The van der Waals surface area contributed by atoms with Crippen LogP contribution in [0.1, 0.15) is 136 Å². The lowest BCUT2D eigenvalue weighted by atomic mass is 9.80. The van der Waals surface area contributed by atoms with Gasteiger partial charge < -0.3 is 0 Å². The average molecular weight is 363 g/mol. The van der Waals surface area contributed by atoms with E-state index in [0.29, 0.717) is 0 Å². The van der Waals surface area contributed by atoms with Gasteiger partial charge in [-0.2, -0.15) is 0 Å². The van der Waals surface area contributed by atoms with Gasteiger partial charge >= 0.3 is 0 Å². The summed E-state index contributed by atoms with van der Waals surface area (Å²) in [4.78, 5) is 0. The largest absolute Gasteiger partial charge is 0.0651 e. The molecule has 0 bridgehead atoms. The Morgan fingerprint density at radius 3 is 1.92 bits per heavy atom. The van der Waals surface area contributed by atoms with Crippen molar-refractivity contribution in [1.82, 2.24) is 0 Å². The molecule has 2 rings (SSSR count). The summed E-state index contributed by atoms with van der Waals surface area (Å²) >= 11 is 0. The minimum atomic E-state index is 0.999. The van der Waals surface area contributed by atoms with Gasteiger partial charge in [-0.25, -0.2) is 0 Å². The third-order valence-electron chi connectivity index (χ3n) is 8.23. The van der Waals surface area contributed by atoms with Crippen LogP contribution in [0.3, 0.4) is 0 Å². The van der Waals surface area contributed by atoms with Gasteiger partial charge in [0, 0.05) is 0 Å². The van der Waals surface area contributed by atoms with Crippen molar-refractivity contribution in [3.8, 4) is 0 Å². The lowest BCUT2D eigenvalue weighted by Crippen LogP contribution is -2.13. The van der Waals surface area contributed by atoms with E-state index in [2.05, 4.69) is 20.8 Å². The van der Waals surface area contributed by atoms with Crippen LogP contribution >= 0.6 is 0 Å². The van der Waals surface area contributed by atoms with Crippen molar-refractivity contribution in [2.45, 2.75) is 136 Å². The lowest BCUT2D eigenvalue weighted by Gasteiger charge is -2.26. The summed E-state index contributed by atoms with van der Waals surface area (Å²) in [6, 6.07) is 0.